The van der Waals surface area contributed by atoms with Crippen LogP contribution in [-0.2, 0) is 13.0 Å². The van der Waals surface area contributed by atoms with E-state index in [0.717, 1.165) is 10.6 Å². The summed E-state index contributed by atoms with van der Waals surface area (Å²) in [5.41, 5.74) is 2.16. The standard InChI is InChI=1S/C21H24N6O4S/c1-12(28)13-6-4-5-7-14(13)22-19(29)26-21-23-15-8-9-27(11-16(15)32-21)17-10-18(30-2)25-20(24-17)31-3/h4-7,10,12,28H,8-9,11H2,1-3H3,(H2,22,23,26,29). The molecule has 1 aliphatic rings. The number of rotatable bonds is 6. The van der Waals surface area contributed by atoms with Crippen molar-refractivity contribution in [3.8, 4) is 11.9 Å². The Labute approximate surface area is 189 Å². The molecule has 0 aliphatic carbocycles. The van der Waals surface area contributed by atoms with Crippen molar-refractivity contribution in [1.82, 2.24) is 15.0 Å². The molecule has 1 unspecified atom stereocenters. The molecule has 168 valence electrons. The zero-order valence-electron chi connectivity index (χ0n) is 18.0. The smallest absolute Gasteiger partial charge is 0.325 e. The maximum atomic E-state index is 12.5. The maximum absolute atomic E-state index is 12.5. The van der Waals surface area contributed by atoms with Crippen LogP contribution in [0, 0.1) is 0 Å². The number of methoxy groups -OCH3 is 2. The average Bonchev–Trinajstić information content (AvgIpc) is 3.20. The number of benzene rings is 1. The molecular formula is C21H24N6O4S. The summed E-state index contributed by atoms with van der Waals surface area (Å²) in [6.07, 6.45) is 0.0259. The summed E-state index contributed by atoms with van der Waals surface area (Å²) in [5, 5.41) is 16.0. The number of nitrogens with one attached hydrogen (secondary N) is 2. The van der Waals surface area contributed by atoms with Crippen LogP contribution in [0.25, 0.3) is 0 Å². The Kier molecular flexibility index (Phi) is 6.37. The van der Waals surface area contributed by atoms with Gasteiger partial charge >= 0.3 is 12.0 Å². The van der Waals surface area contributed by atoms with Crippen molar-refractivity contribution in [1.29, 1.82) is 0 Å². The zero-order chi connectivity index (χ0) is 22.7. The van der Waals surface area contributed by atoms with Gasteiger partial charge in [0, 0.05) is 35.2 Å². The molecule has 0 saturated carbocycles. The van der Waals surface area contributed by atoms with Gasteiger partial charge < -0.3 is 24.8 Å². The number of fused-ring (bicyclic) bond motifs is 1. The lowest BCUT2D eigenvalue weighted by molar-refractivity contribution is 0.200. The fourth-order valence-electron chi connectivity index (χ4n) is 3.42. The second-order valence-corrected chi connectivity index (χ2v) is 8.24. The first kappa shape index (κ1) is 21.8. The van der Waals surface area contributed by atoms with Crippen LogP contribution in [0.15, 0.2) is 30.3 Å². The second-order valence-electron chi connectivity index (χ2n) is 7.16. The molecule has 32 heavy (non-hydrogen) atoms. The number of para-hydroxylation sites is 1. The van der Waals surface area contributed by atoms with Gasteiger partial charge in [0.1, 0.15) is 5.82 Å². The number of carbonyl (C=O) groups excluding carboxylic acids is 1. The van der Waals surface area contributed by atoms with Crippen LogP contribution < -0.4 is 25.0 Å². The number of aliphatic hydroxyl groups is 1. The second kappa shape index (κ2) is 9.37. The highest BCUT2D eigenvalue weighted by Gasteiger charge is 2.24. The molecule has 1 aromatic carbocycles. The highest BCUT2D eigenvalue weighted by molar-refractivity contribution is 7.15. The molecule has 3 N–H and O–H groups in total. The van der Waals surface area contributed by atoms with Gasteiger partial charge in [0.05, 0.1) is 32.6 Å². The van der Waals surface area contributed by atoms with Gasteiger partial charge in [0.25, 0.3) is 0 Å². The van der Waals surface area contributed by atoms with Crippen LogP contribution in [0.5, 0.6) is 11.9 Å². The van der Waals surface area contributed by atoms with Crippen molar-refractivity contribution in [2.45, 2.75) is 26.0 Å². The van der Waals surface area contributed by atoms with Crippen LogP contribution in [-0.4, -0.2) is 46.9 Å². The molecule has 0 spiro atoms. The Balaban J connectivity index is 1.45. The summed E-state index contributed by atoms with van der Waals surface area (Å²) in [4.78, 5) is 28.8. The third-order valence-corrected chi connectivity index (χ3v) is 5.99. The topological polar surface area (TPSA) is 122 Å². The first-order valence-corrected chi connectivity index (χ1v) is 10.8. The largest absolute Gasteiger partial charge is 0.481 e. The lowest BCUT2D eigenvalue weighted by Crippen LogP contribution is -2.30. The predicted molar refractivity (Wildman–Crippen MR) is 122 cm³/mol. The van der Waals surface area contributed by atoms with E-state index in [1.165, 1.54) is 18.4 Å². The normalized spacial score (nSPS) is 13.8. The molecule has 3 aromatic rings. The molecule has 10 nitrogen and oxygen atoms in total. The average molecular weight is 457 g/mol. The van der Waals surface area contributed by atoms with Gasteiger partial charge in [-0.3, -0.25) is 5.32 Å². The Bertz CT molecular complexity index is 1100. The molecule has 0 bridgehead atoms. The van der Waals surface area contributed by atoms with Gasteiger partial charge in [-0.15, -0.1) is 0 Å². The van der Waals surface area contributed by atoms with Gasteiger partial charge in [-0.05, 0) is 13.0 Å². The number of ether oxygens (including phenoxy) is 2. The summed E-state index contributed by atoms with van der Waals surface area (Å²) < 4.78 is 10.4. The molecular weight excluding hydrogens is 432 g/mol. The summed E-state index contributed by atoms with van der Waals surface area (Å²) in [6.45, 7) is 2.97. The number of anilines is 3. The molecule has 11 heteroatoms. The molecule has 0 saturated heterocycles. The number of aliphatic hydroxyl groups excluding tert-OH is 1. The van der Waals surface area contributed by atoms with Crippen molar-refractivity contribution in [3.05, 3.63) is 46.5 Å². The van der Waals surface area contributed by atoms with E-state index in [9.17, 15) is 9.90 Å². The molecule has 0 radical (unpaired) electrons. The van der Waals surface area contributed by atoms with Gasteiger partial charge in [0.15, 0.2) is 5.13 Å². The summed E-state index contributed by atoms with van der Waals surface area (Å²) in [5.74, 6) is 1.13. The summed E-state index contributed by atoms with van der Waals surface area (Å²) >= 11 is 1.42. The SMILES string of the molecule is COc1cc(N2CCc3nc(NC(=O)Nc4ccccc4C(C)O)sc3C2)nc(OC)n1. The monoisotopic (exact) mass is 456 g/mol. The number of hydrogen-bond acceptors (Lipinski definition) is 9. The lowest BCUT2D eigenvalue weighted by Gasteiger charge is -2.27. The first-order chi connectivity index (χ1) is 15.5. The molecule has 2 amide bonds. The minimum atomic E-state index is -0.691. The van der Waals surface area contributed by atoms with E-state index in [-0.39, 0.29) is 6.01 Å². The molecule has 0 fully saturated rings. The van der Waals surface area contributed by atoms with E-state index in [2.05, 4.69) is 30.5 Å². The van der Waals surface area contributed by atoms with Crippen LogP contribution in [0.3, 0.4) is 0 Å². The zero-order valence-corrected chi connectivity index (χ0v) is 18.8. The highest BCUT2D eigenvalue weighted by atomic mass is 32.1. The van der Waals surface area contributed by atoms with Gasteiger partial charge in [-0.25, -0.2) is 9.78 Å². The Morgan fingerprint density at radius 3 is 2.75 bits per heavy atom. The van der Waals surface area contributed by atoms with Crippen molar-refractivity contribution in [3.63, 3.8) is 0 Å². The molecule has 3 heterocycles. The number of nitrogens with zero attached hydrogens (tertiary/aromatic N) is 4. The third-order valence-electron chi connectivity index (χ3n) is 5.00. The quantitative estimate of drug-likeness (QED) is 0.517. The molecule has 4 rings (SSSR count). The van der Waals surface area contributed by atoms with E-state index >= 15 is 0 Å². The van der Waals surface area contributed by atoms with Crippen LogP contribution >= 0.6 is 11.3 Å². The van der Waals surface area contributed by atoms with Gasteiger partial charge in [-0.1, -0.05) is 29.5 Å². The maximum Gasteiger partial charge on any atom is 0.325 e. The Hall–Kier alpha value is -3.44. The van der Waals surface area contributed by atoms with Crippen molar-refractivity contribution < 1.29 is 19.4 Å². The number of thiazole rings is 1. The predicted octanol–water partition coefficient (Wildman–Crippen LogP) is 3.21. The number of hydrogen-bond donors (Lipinski definition) is 3. The van der Waals surface area contributed by atoms with E-state index in [0.29, 0.717) is 47.6 Å². The third kappa shape index (κ3) is 4.73. The molecule has 1 atom stereocenters. The number of urea groups is 1. The van der Waals surface area contributed by atoms with Crippen molar-refractivity contribution in [2.24, 2.45) is 0 Å². The number of amides is 2. The van der Waals surface area contributed by atoms with Gasteiger partial charge in [-0.2, -0.15) is 9.97 Å². The Morgan fingerprint density at radius 2 is 2.00 bits per heavy atom. The van der Waals surface area contributed by atoms with Crippen LogP contribution in [0.2, 0.25) is 0 Å². The highest BCUT2D eigenvalue weighted by Crippen LogP contribution is 2.32. The van der Waals surface area contributed by atoms with Crippen molar-refractivity contribution in [2.75, 3.05) is 36.3 Å². The minimum Gasteiger partial charge on any atom is -0.481 e. The molecule has 2 aromatic heterocycles. The van der Waals surface area contributed by atoms with Gasteiger partial charge in [0.2, 0.25) is 5.88 Å². The van der Waals surface area contributed by atoms with Crippen LogP contribution in [0.4, 0.5) is 21.4 Å². The summed E-state index contributed by atoms with van der Waals surface area (Å²) in [7, 11) is 3.06. The van der Waals surface area contributed by atoms with E-state index < -0.39 is 12.1 Å². The van der Waals surface area contributed by atoms with Crippen molar-refractivity contribution >= 4 is 34.0 Å². The van der Waals surface area contributed by atoms with E-state index in [1.54, 1.807) is 38.3 Å². The molecule has 1 aliphatic heterocycles. The fraction of sp³-hybridized carbons (Fsp3) is 0.333. The minimum absolute atomic E-state index is 0.242. The van der Waals surface area contributed by atoms with E-state index in [4.69, 9.17) is 9.47 Å². The first-order valence-electron chi connectivity index (χ1n) is 10.0. The number of carbonyl (C=O) groups is 1. The van der Waals surface area contributed by atoms with Crippen LogP contribution in [0.1, 0.15) is 29.2 Å². The number of aromatic nitrogens is 3. The summed E-state index contributed by atoms with van der Waals surface area (Å²) in [6, 6.07) is 8.73. The lowest BCUT2D eigenvalue weighted by atomic mass is 10.1. The van der Waals surface area contributed by atoms with E-state index in [1.807, 2.05) is 6.07 Å². The fourth-order valence-corrected chi connectivity index (χ4v) is 4.44. The Morgan fingerprint density at radius 1 is 1.19 bits per heavy atom.